The molecule has 1 rings (SSSR count). The fraction of sp³-hybridized carbons (Fsp3) is 0.125. The summed E-state index contributed by atoms with van der Waals surface area (Å²) < 4.78 is 1.99. The van der Waals surface area contributed by atoms with E-state index in [1.807, 2.05) is 18.2 Å². The van der Waals surface area contributed by atoms with Gasteiger partial charge in [-0.25, -0.2) is 0 Å². The molecule has 0 aliphatic rings. The smallest absolute Gasteiger partial charge is 0.0670 e. The molecule has 1 aromatic rings. The fourth-order valence-electron chi connectivity index (χ4n) is 0.764. The van der Waals surface area contributed by atoms with E-state index in [9.17, 15) is 0 Å². The standard InChI is InChI=1S/C8H5Br2N/c9-7-1-2-8(10)6(5-7)3-4-11/h1-2,5H,3H2. The van der Waals surface area contributed by atoms with Gasteiger partial charge in [0, 0.05) is 8.95 Å². The molecule has 1 nitrogen and oxygen atoms in total. The van der Waals surface area contributed by atoms with Gasteiger partial charge in [-0.05, 0) is 23.8 Å². The Morgan fingerprint density at radius 2 is 2.09 bits per heavy atom. The molecule has 0 spiro atoms. The highest BCUT2D eigenvalue weighted by Crippen LogP contribution is 2.21. The van der Waals surface area contributed by atoms with Crippen LogP contribution >= 0.6 is 31.9 Å². The second-order valence-electron chi connectivity index (χ2n) is 2.07. The molecule has 0 aromatic heterocycles. The summed E-state index contributed by atoms with van der Waals surface area (Å²) in [4.78, 5) is 0. The number of nitrogens with zero attached hydrogens (tertiary/aromatic N) is 1. The predicted molar refractivity (Wildman–Crippen MR) is 51.2 cm³/mol. The molecule has 0 aliphatic carbocycles. The first kappa shape index (κ1) is 8.76. The lowest BCUT2D eigenvalue weighted by molar-refractivity contribution is 1.24. The Labute approximate surface area is 82.3 Å². The van der Waals surface area contributed by atoms with Gasteiger partial charge in [0.05, 0.1) is 12.5 Å². The van der Waals surface area contributed by atoms with Crippen LogP contribution in [0.3, 0.4) is 0 Å². The fourth-order valence-corrected chi connectivity index (χ4v) is 1.56. The zero-order chi connectivity index (χ0) is 8.27. The Balaban J connectivity index is 3.05. The van der Waals surface area contributed by atoms with E-state index in [1.54, 1.807) is 0 Å². The van der Waals surface area contributed by atoms with Gasteiger partial charge >= 0.3 is 0 Å². The van der Waals surface area contributed by atoms with Crippen molar-refractivity contribution in [3.63, 3.8) is 0 Å². The third kappa shape index (κ3) is 2.32. The molecule has 0 heterocycles. The average molecular weight is 275 g/mol. The Morgan fingerprint density at radius 3 is 2.73 bits per heavy atom. The summed E-state index contributed by atoms with van der Waals surface area (Å²) in [6, 6.07) is 7.90. The van der Waals surface area contributed by atoms with Crippen molar-refractivity contribution in [1.82, 2.24) is 0 Å². The maximum absolute atomic E-state index is 8.45. The van der Waals surface area contributed by atoms with Crippen LogP contribution in [0.4, 0.5) is 0 Å². The van der Waals surface area contributed by atoms with Crippen molar-refractivity contribution in [2.45, 2.75) is 6.42 Å². The van der Waals surface area contributed by atoms with Gasteiger partial charge < -0.3 is 0 Å². The molecular weight excluding hydrogens is 270 g/mol. The van der Waals surface area contributed by atoms with Crippen LogP contribution in [0.25, 0.3) is 0 Å². The molecule has 0 aliphatic heterocycles. The van der Waals surface area contributed by atoms with Gasteiger partial charge in [-0.1, -0.05) is 31.9 Å². The molecule has 0 unspecified atom stereocenters. The Morgan fingerprint density at radius 1 is 1.36 bits per heavy atom. The van der Waals surface area contributed by atoms with Gasteiger partial charge in [0.15, 0.2) is 0 Å². The zero-order valence-corrected chi connectivity index (χ0v) is 8.81. The van der Waals surface area contributed by atoms with Crippen LogP contribution in [-0.2, 0) is 6.42 Å². The quantitative estimate of drug-likeness (QED) is 0.771. The van der Waals surface area contributed by atoms with Crippen molar-refractivity contribution in [3.05, 3.63) is 32.7 Å². The van der Waals surface area contributed by atoms with Gasteiger partial charge in [0.2, 0.25) is 0 Å². The van der Waals surface area contributed by atoms with E-state index in [4.69, 9.17) is 5.26 Å². The maximum Gasteiger partial charge on any atom is 0.0670 e. The van der Waals surface area contributed by atoms with E-state index in [2.05, 4.69) is 37.9 Å². The lowest BCUT2D eigenvalue weighted by Crippen LogP contribution is -1.82. The Bertz CT molecular complexity index is 301. The van der Waals surface area contributed by atoms with Crippen LogP contribution in [0.15, 0.2) is 27.1 Å². The van der Waals surface area contributed by atoms with Crippen molar-refractivity contribution in [3.8, 4) is 6.07 Å². The number of hydrogen-bond donors (Lipinski definition) is 0. The van der Waals surface area contributed by atoms with Crippen molar-refractivity contribution in [2.75, 3.05) is 0 Å². The zero-order valence-electron chi connectivity index (χ0n) is 5.64. The Hall–Kier alpha value is -0.330. The molecular formula is C8H5Br2N. The molecule has 0 amide bonds. The summed E-state index contributed by atoms with van der Waals surface area (Å²) in [6.07, 6.45) is 0.444. The van der Waals surface area contributed by atoms with Gasteiger partial charge in [-0.15, -0.1) is 0 Å². The van der Waals surface area contributed by atoms with Crippen molar-refractivity contribution in [2.24, 2.45) is 0 Å². The van der Waals surface area contributed by atoms with Crippen LogP contribution in [0, 0.1) is 11.3 Å². The molecule has 1 aromatic carbocycles. The molecule has 11 heavy (non-hydrogen) atoms. The summed E-state index contributed by atoms with van der Waals surface area (Å²) in [6.45, 7) is 0. The van der Waals surface area contributed by atoms with Crippen LogP contribution in [-0.4, -0.2) is 0 Å². The van der Waals surface area contributed by atoms with Gasteiger partial charge in [0.25, 0.3) is 0 Å². The molecule has 0 N–H and O–H groups in total. The average Bonchev–Trinajstić information content (AvgIpc) is 1.98. The lowest BCUT2D eigenvalue weighted by atomic mass is 10.2. The third-order valence-electron chi connectivity index (χ3n) is 1.28. The minimum atomic E-state index is 0.444. The van der Waals surface area contributed by atoms with E-state index in [1.165, 1.54) is 0 Å². The number of hydrogen-bond acceptors (Lipinski definition) is 1. The van der Waals surface area contributed by atoms with E-state index >= 15 is 0 Å². The molecule has 0 atom stereocenters. The van der Waals surface area contributed by atoms with E-state index in [0.717, 1.165) is 14.5 Å². The van der Waals surface area contributed by atoms with E-state index in [-0.39, 0.29) is 0 Å². The molecule has 56 valence electrons. The van der Waals surface area contributed by atoms with Gasteiger partial charge in [-0.3, -0.25) is 0 Å². The molecule has 0 saturated heterocycles. The van der Waals surface area contributed by atoms with Crippen LogP contribution in [0.5, 0.6) is 0 Å². The second-order valence-corrected chi connectivity index (χ2v) is 3.84. The molecule has 3 heteroatoms. The summed E-state index contributed by atoms with van der Waals surface area (Å²) in [5.41, 5.74) is 1.02. The highest BCUT2D eigenvalue weighted by atomic mass is 79.9. The van der Waals surface area contributed by atoms with Crippen molar-refractivity contribution < 1.29 is 0 Å². The number of benzene rings is 1. The van der Waals surface area contributed by atoms with E-state index in [0.29, 0.717) is 6.42 Å². The molecule has 0 radical (unpaired) electrons. The minimum absolute atomic E-state index is 0.444. The highest BCUT2D eigenvalue weighted by molar-refractivity contribution is 9.11. The third-order valence-corrected chi connectivity index (χ3v) is 2.54. The monoisotopic (exact) mass is 273 g/mol. The van der Waals surface area contributed by atoms with Crippen LogP contribution < -0.4 is 0 Å². The lowest BCUT2D eigenvalue weighted by Gasteiger charge is -1.98. The topological polar surface area (TPSA) is 23.8 Å². The first-order chi connectivity index (χ1) is 5.24. The van der Waals surface area contributed by atoms with Crippen LogP contribution in [0.1, 0.15) is 5.56 Å². The van der Waals surface area contributed by atoms with E-state index < -0.39 is 0 Å². The first-order valence-electron chi connectivity index (χ1n) is 3.05. The maximum atomic E-state index is 8.45. The highest BCUT2D eigenvalue weighted by Gasteiger charge is 1.98. The minimum Gasteiger partial charge on any atom is -0.198 e. The molecule has 0 saturated carbocycles. The summed E-state index contributed by atoms with van der Waals surface area (Å²) in [7, 11) is 0. The summed E-state index contributed by atoms with van der Waals surface area (Å²) in [5, 5.41) is 8.45. The molecule has 0 bridgehead atoms. The van der Waals surface area contributed by atoms with Gasteiger partial charge in [0.1, 0.15) is 0 Å². The largest absolute Gasteiger partial charge is 0.198 e. The summed E-state index contributed by atoms with van der Waals surface area (Å²) >= 11 is 6.70. The van der Waals surface area contributed by atoms with Crippen molar-refractivity contribution in [1.29, 1.82) is 5.26 Å². The SMILES string of the molecule is N#CCc1cc(Br)ccc1Br. The van der Waals surface area contributed by atoms with Crippen molar-refractivity contribution >= 4 is 31.9 Å². The van der Waals surface area contributed by atoms with Crippen LogP contribution in [0.2, 0.25) is 0 Å². The number of rotatable bonds is 1. The predicted octanol–water partition coefficient (Wildman–Crippen LogP) is 3.28. The Kier molecular flexibility index (Phi) is 3.10. The second kappa shape index (κ2) is 3.89. The normalized spacial score (nSPS) is 9.18. The molecule has 0 fully saturated rings. The van der Waals surface area contributed by atoms with Gasteiger partial charge in [-0.2, -0.15) is 5.26 Å². The number of nitriles is 1. The summed E-state index contributed by atoms with van der Waals surface area (Å²) in [5.74, 6) is 0. The number of halogens is 2. The first-order valence-corrected chi connectivity index (χ1v) is 4.63.